The van der Waals surface area contributed by atoms with Crippen LogP contribution in [0.1, 0.15) is 34.0 Å². The molecule has 2 aromatic carbocycles. The molecule has 1 saturated heterocycles. The van der Waals surface area contributed by atoms with E-state index in [1.807, 2.05) is 48.5 Å². The molecule has 3 heteroatoms. The molecule has 0 unspecified atom stereocenters. The monoisotopic (exact) mass is 278 g/mol. The third-order valence-corrected chi connectivity index (χ3v) is 4.53. The Morgan fingerprint density at radius 3 is 2.43 bits per heavy atom. The Morgan fingerprint density at radius 2 is 1.67 bits per heavy atom. The van der Waals surface area contributed by atoms with Gasteiger partial charge in [0.15, 0.2) is 5.78 Å². The van der Waals surface area contributed by atoms with Crippen LogP contribution in [0.2, 0.25) is 0 Å². The van der Waals surface area contributed by atoms with E-state index in [-0.39, 0.29) is 17.9 Å². The molecule has 2 atom stereocenters. The number of hydrogen-bond acceptors (Lipinski definition) is 3. The average molecular weight is 278 g/mol. The van der Waals surface area contributed by atoms with Crippen LogP contribution < -0.4 is 0 Å². The van der Waals surface area contributed by atoms with Gasteiger partial charge in [-0.05, 0) is 17.5 Å². The molecular formula is C18H14O3. The molecule has 21 heavy (non-hydrogen) atoms. The van der Waals surface area contributed by atoms with Crippen LogP contribution in [0.4, 0.5) is 0 Å². The van der Waals surface area contributed by atoms with Gasteiger partial charge in [-0.15, -0.1) is 0 Å². The summed E-state index contributed by atoms with van der Waals surface area (Å²) in [5, 5.41) is 0. The van der Waals surface area contributed by atoms with E-state index in [0.29, 0.717) is 18.4 Å². The lowest BCUT2D eigenvalue weighted by Gasteiger charge is -2.15. The van der Waals surface area contributed by atoms with Crippen LogP contribution in [-0.4, -0.2) is 11.8 Å². The standard InChI is InChI=1S/C18H14O3/c19-16-14-9-5-4-8-13(14)10-18(16)11-15(21-17(18)20)12-6-2-1-3-7-12/h1-9,15H,10-11H2/t15-,18-/m1/s1. The van der Waals surface area contributed by atoms with E-state index >= 15 is 0 Å². The maximum Gasteiger partial charge on any atom is 0.321 e. The van der Waals surface area contributed by atoms with Gasteiger partial charge in [0.25, 0.3) is 0 Å². The highest BCUT2D eigenvalue weighted by atomic mass is 16.6. The summed E-state index contributed by atoms with van der Waals surface area (Å²) in [6, 6.07) is 17.1. The van der Waals surface area contributed by atoms with Crippen molar-refractivity contribution in [3.63, 3.8) is 0 Å². The van der Waals surface area contributed by atoms with E-state index in [9.17, 15) is 9.59 Å². The van der Waals surface area contributed by atoms with E-state index in [4.69, 9.17) is 4.74 Å². The van der Waals surface area contributed by atoms with Crippen LogP contribution in [0, 0.1) is 5.41 Å². The van der Waals surface area contributed by atoms with E-state index in [1.54, 1.807) is 6.07 Å². The first kappa shape index (κ1) is 12.3. The van der Waals surface area contributed by atoms with Crippen LogP contribution in [0.25, 0.3) is 0 Å². The first-order valence-corrected chi connectivity index (χ1v) is 7.09. The van der Waals surface area contributed by atoms with Crippen molar-refractivity contribution < 1.29 is 14.3 Å². The molecule has 0 N–H and O–H groups in total. The number of cyclic esters (lactones) is 1. The number of carbonyl (C=O) groups is 2. The van der Waals surface area contributed by atoms with Crippen molar-refractivity contribution in [1.29, 1.82) is 0 Å². The van der Waals surface area contributed by atoms with E-state index in [2.05, 4.69) is 0 Å². The number of benzene rings is 2. The number of ketones is 1. The first-order valence-electron chi connectivity index (χ1n) is 7.09. The Balaban J connectivity index is 1.72. The van der Waals surface area contributed by atoms with Crippen molar-refractivity contribution in [3.05, 3.63) is 71.3 Å². The lowest BCUT2D eigenvalue weighted by Crippen LogP contribution is -2.32. The van der Waals surface area contributed by atoms with Gasteiger partial charge in [0.1, 0.15) is 11.5 Å². The molecule has 1 aliphatic heterocycles. The van der Waals surface area contributed by atoms with Crippen LogP contribution in [0.3, 0.4) is 0 Å². The molecule has 3 nitrogen and oxygen atoms in total. The number of rotatable bonds is 1. The lowest BCUT2D eigenvalue weighted by atomic mass is 9.80. The van der Waals surface area contributed by atoms with Gasteiger partial charge < -0.3 is 4.74 Å². The molecule has 1 fully saturated rings. The minimum atomic E-state index is -1.01. The first-order chi connectivity index (χ1) is 10.2. The second kappa shape index (κ2) is 4.29. The highest BCUT2D eigenvalue weighted by molar-refractivity contribution is 6.16. The second-order valence-electron chi connectivity index (χ2n) is 5.75. The summed E-state index contributed by atoms with van der Waals surface area (Å²) in [4.78, 5) is 25.1. The van der Waals surface area contributed by atoms with Gasteiger partial charge in [-0.2, -0.15) is 0 Å². The maximum atomic E-state index is 12.7. The van der Waals surface area contributed by atoms with Crippen molar-refractivity contribution >= 4 is 11.8 Å². The number of hydrogen-bond donors (Lipinski definition) is 0. The van der Waals surface area contributed by atoms with Gasteiger partial charge in [0, 0.05) is 12.0 Å². The molecule has 1 aliphatic carbocycles. The Hall–Kier alpha value is -2.42. The molecule has 104 valence electrons. The van der Waals surface area contributed by atoms with Crippen LogP contribution in [0.5, 0.6) is 0 Å². The number of fused-ring (bicyclic) bond motifs is 1. The van der Waals surface area contributed by atoms with Gasteiger partial charge >= 0.3 is 5.97 Å². The molecule has 2 aliphatic rings. The van der Waals surface area contributed by atoms with Gasteiger partial charge in [-0.25, -0.2) is 0 Å². The zero-order valence-corrected chi connectivity index (χ0v) is 11.4. The fourth-order valence-electron chi connectivity index (χ4n) is 3.43. The van der Waals surface area contributed by atoms with Gasteiger partial charge in [-0.1, -0.05) is 54.6 Å². The topological polar surface area (TPSA) is 43.4 Å². The van der Waals surface area contributed by atoms with E-state index < -0.39 is 5.41 Å². The van der Waals surface area contributed by atoms with E-state index in [0.717, 1.165) is 11.1 Å². The van der Waals surface area contributed by atoms with Crippen LogP contribution >= 0.6 is 0 Å². The third kappa shape index (κ3) is 1.67. The number of carbonyl (C=O) groups excluding carboxylic acids is 2. The van der Waals surface area contributed by atoms with Crippen molar-refractivity contribution in [2.75, 3.05) is 0 Å². The molecule has 0 aromatic heterocycles. The lowest BCUT2D eigenvalue weighted by molar-refractivity contribution is -0.146. The quantitative estimate of drug-likeness (QED) is 0.594. The summed E-state index contributed by atoms with van der Waals surface area (Å²) < 4.78 is 5.53. The van der Waals surface area contributed by atoms with Gasteiger partial charge in [0.05, 0.1) is 0 Å². The Bertz CT molecular complexity index is 735. The maximum absolute atomic E-state index is 12.7. The molecule has 2 aromatic rings. The van der Waals surface area contributed by atoms with Crippen LogP contribution in [0.15, 0.2) is 54.6 Å². The zero-order chi connectivity index (χ0) is 14.4. The third-order valence-electron chi connectivity index (χ3n) is 4.53. The highest BCUT2D eigenvalue weighted by Crippen LogP contribution is 2.50. The smallest absolute Gasteiger partial charge is 0.321 e. The Labute approximate surface area is 122 Å². The van der Waals surface area contributed by atoms with Crippen molar-refractivity contribution in [3.8, 4) is 0 Å². The molecule has 1 spiro atoms. The number of esters is 1. The normalized spacial score (nSPS) is 27.0. The van der Waals surface area contributed by atoms with Crippen LogP contribution in [-0.2, 0) is 16.0 Å². The largest absolute Gasteiger partial charge is 0.457 e. The summed E-state index contributed by atoms with van der Waals surface area (Å²) in [6.45, 7) is 0. The Morgan fingerprint density at radius 1 is 0.952 bits per heavy atom. The summed E-state index contributed by atoms with van der Waals surface area (Å²) in [5.41, 5.74) is 1.56. The molecule has 0 saturated carbocycles. The summed E-state index contributed by atoms with van der Waals surface area (Å²) in [6.07, 6.45) is 0.574. The zero-order valence-electron chi connectivity index (χ0n) is 11.4. The minimum Gasteiger partial charge on any atom is -0.457 e. The molecule has 0 amide bonds. The fraction of sp³-hybridized carbons (Fsp3) is 0.222. The Kier molecular flexibility index (Phi) is 2.52. The predicted octanol–water partition coefficient (Wildman–Crippen LogP) is 3.10. The predicted molar refractivity (Wildman–Crippen MR) is 76.8 cm³/mol. The fourth-order valence-corrected chi connectivity index (χ4v) is 3.43. The average Bonchev–Trinajstić information content (AvgIpc) is 3.00. The molecule has 0 radical (unpaired) electrons. The van der Waals surface area contributed by atoms with Gasteiger partial charge in [-0.3, -0.25) is 9.59 Å². The summed E-state index contributed by atoms with van der Waals surface area (Å²) in [7, 11) is 0. The molecule has 4 rings (SSSR count). The number of Topliss-reactive ketones (excluding diaryl/α,β-unsaturated/α-hetero) is 1. The highest BCUT2D eigenvalue weighted by Gasteiger charge is 2.58. The number of ether oxygens (including phenoxy) is 1. The summed E-state index contributed by atoms with van der Waals surface area (Å²) >= 11 is 0. The molecule has 0 bridgehead atoms. The minimum absolute atomic E-state index is 0.0819. The van der Waals surface area contributed by atoms with E-state index in [1.165, 1.54) is 0 Å². The SMILES string of the molecule is O=C1O[C@@H](c2ccccc2)C[C@@]12Cc1ccccc1C2=O. The summed E-state index contributed by atoms with van der Waals surface area (Å²) in [5.74, 6) is -0.459. The van der Waals surface area contributed by atoms with Gasteiger partial charge in [0.2, 0.25) is 0 Å². The van der Waals surface area contributed by atoms with Crippen molar-refractivity contribution in [2.24, 2.45) is 5.41 Å². The second-order valence-corrected chi connectivity index (χ2v) is 5.75. The molecule has 1 heterocycles. The van der Waals surface area contributed by atoms with Crippen molar-refractivity contribution in [2.45, 2.75) is 18.9 Å². The van der Waals surface area contributed by atoms with Crippen molar-refractivity contribution in [1.82, 2.24) is 0 Å². The molecular weight excluding hydrogens is 264 g/mol.